The predicted molar refractivity (Wildman–Crippen MR) is 54.9 cm³/mol. The van der Waals surface area contributed by atoms with Crippen molar-refractivity contribution in [2.45, 2.75) is 13.8 Å². The average Bonchev–Trinajstić information content (AvgIpc) is 2.21. The maximum absolute atomic E-state index is 10.4. The fourth-order valence-electron chi connectivity index (χ4n) is 0.814. The van der Waals surface area contributed by atoms with Crippen LogP contribution in [0.25, 0.3) is 0 Å². The highest BCUT2D eigenvalue weighted by atomic mass is 16.5. The smallest absolute Gasteiger partial charge is 0.308 e. The zero-order chi connectivity index (χ0) is 11.5. The molecule has 5 heteroatoms. The molecule has 15 heavy (non-hydrogen) atoms. The van der Waals surface area contributed by atoms with Gasteiger partial charge in [0.25, 0.3) is 0 Å². The molecule has 0 aromatic carbocycles. The summed E-state index contributed by atoms with van der Waals surface area (Å²) in [5, 5.41) is 8.55. The molecule has 0 saturated heterocycles. The summed E-state index contributed by atoms with van der Waals surface area (Å²) >= 11 is 0. The van der Waals surface area contributed by atoms with E-state index in [1.54, 1.807) is 6.92 Å². The molecule has 0 saturated carbocycles. The molecule has 0 aliphatic heterocycles. The maximum atomic E-state index is 10.4. The van der Waals surface area contributed by atoms with Crippen molar-refractivity contribution in [1.29, 1.82) is 0 Å². The van der Waals surface area contributed by atoms with Crippen LogP contribution in [0.4, 0.5) is 0 Å². The number of hydrogen-bond donors (Lipinski definition) is 1. The summed E-state index contributed by atoms with van der Waals surface area (Å²) in [7, 11) is 0. The Morgan fingerprint density at radius 3 is 2.20 bits per heavy atom. The Morgan fingerprint density at radius 1 is 1.13 bits per heavy atom. The molecule has 0 aliphatic carbocycles. The van der Waals surface area contributed by atoms with E-state index in [0.717, 1.165) is 0 Å². The second kappa shape index (κ2) is 9.89. The molecule has 0 amide bonds. The first kappa shape index (κ1) is 14.3. The summed E-state index contributed by atoms with van der Waals surface area (Å²) in [5.41, 5.74) is 0. The van der Waals surface area contributed by atoms with Crippen LogP contribution < -0.4 is 0 Å². The van der Waals surface area contributed by atoms with Gasteiger partial charge < -0.3 is 19.3 Å². The van der Waals surface area contributed by atoms with Crippen LogP contribution in [0.15, 0.2) is 0 Å². The van der Waals surface area contributed by atoms with Crippen molar-refractivity contribution in [3.8, 4) is 0 Å². The Labute approximate surface area is 90.3 Å². The molecule has 0 heterocycles. The number of ether oxygens (including phenoxy) is 3. The predicted octanol–water partition coefficient (Wildman–Crippen LogP) is 0.777. The van der Waals surface area contributed by atoms with Gasteiger partial charge in [-0.1, -0.05) is 0 Å². The highest BCUT2D eigenvalue weighted by Crippen LogP contribution is 1.95. The molecule has 5 nitrogen and oxygen atoms in total. The molecule has 1 unspecified atom stereocenters. The minimum absolute atomic E-state index is 0.226. The number of carbonyl (C=O) groups is 1. The van der Waals surface area contributed by atoms with Gasteiger partial charge in [0.15, 0.2) is 0 Å². The zero-order valence-electron chi connectivity index (χ0n) is 9.40. The van der Waals surface area contributed by atoms with Crippen molar-refractivity contribution in [3.63, 3.8) is 0 Å². The third kappa shape index (κ3) is 9.65. The third-order valence-corrected chi connectivity index (χ3v) is 1.74. The summed E-state index contributed by atoms with van der Waals surface area (Å²) in [5.74, 6) is -1.30. The van der Waals surface area contributed by atoms with Crippen LogP contribution in [-0.2, 0) is 19.0 Å². The van der Waals surface area contributed by atoms with Crippen LogP contribution in [0.5, 0.6) is 0 Å². The molecule has 0 bridgehead atoms. The molecule has 0 fully saturated rings. The Kier molecular flexibility index (Phi) is 9.46. The van der Waals surface area contributed by atoms with Gasteiger partial charge in [-0.05, 0) is 13.8 Å². The summed E-state index contributed by atoms with van der Waals surface area (Å²) in [4.78, 5) is 10.4. The van der Waals surface area contributed by atoms with E-state index in [-0.39, 0.29) is 6.61 Å². The Balaban J connectivity index is 3.08. The molecule has 1 N–H and O–H groups in total. The molecule has 0 aliphatic rings. The van der Waals surface area contributed by atoms with E-state index < -0.39 is 11.9 Å². The fourth-order valence-corrected chi connectivity index (χ4v) is 0.814. The highest BCUT2D eigenvalue weighted by Gasteiger charge is 2.09. The molecule has 0 radical (unpaired) electrons. The van der Waals surface area contributed by atoms with Gasteiger partial charge in [-0.25, -0.2) is 0 Å². The Morgan fingerprint density at radius 2 is 1.67 bits per heavy atom. The number of carboxylic acids is 1. The van der Waals surface area contributed by atoms with E-state index in [1.807, 2.05) is 6.92 Å². The third-order valence-electron chi connectivity index (χ3n) is 1.74. The fraction of sp³-hybridized carbons (Fsp3) is 0.900. The normalized spacial score (nSPS) is 12.7. The molecular formula is C10H20O5. The van der Waals surface area contributed by atoms with Gasteiger partial charge in [0.1, 0.15) is 0 Å². The molecule has 0 aromatic heterocycles. The first-order valence-corrected chi connectivity index (χ1v) is 5.14. The van der Waals surface area contributed by atoms with E-state index >= 15 is 0 Å². The minimum Gasteiger partial charge on any atom is -0.481 e. The van der Waals surface area contributed by atoms with Crippen LogP contribution in [0.3, 0.4) is 0 Å². The van der Waals surface area contributed by atoms with Crippen molar-refractivity contribution >= 4 is 5.97 Å². The summed E-state index contributed by atoms with van der Waals surface area (Å²) in [6, 6.07) is 0. The van der Waals surface area contributed by atoms with Crippen molar-refractivity contribution in [1.82, 2.24) is 0 Å². The van der Waals surface area contributed by atoms with Crippen molar-refractivity contribution < 1.29 is 24.1 Å². The second-order valence-electron chi connectivity index (χ2n) is 3.12. The van der Waals surface area contributed by atoms with E-state index in [0.29, 0.717) is 33.0 Å². The zero-order valence-corrected chi connectivity index (χ0v) is 9.40. The Hall–Kier alpha value is -0.650. The first-order chi connectivity index (χ1) is 7.18. The lowest BCUT2D eigenvalue weighted by Crippen LogP contribution is -2.18. The first-order valence-electron chi connectivity index (χ1n) is 5.14. The maximum Gasteiger partial charge on any atom is 0.308 e. The summed E-state index contributed by atoms with van der Waals surface area (Å²) in [6.07, 6.45) is 0. The standard InChI is InChI=1S/C10H20O5/c1-3-13-4-5-14-6-7-15-8-9(2)10(11)12/h9H,3-8H2,1-2H3,(H,11,12). The Bertz CT molecular complexity index is 160. The second-order valence-corrected chi connectivity index (χ2v) is 3.12. The van der Waals surface area contributed by atoms with Gasteiger partial charge in [-0.2, -0.15) is 0 Å². The van der Waals surface area contributed by atoms with Crippen molar-refractivity contribution in [3.05, 3.63) is 0 Å². The van der Waals surface area contributed by atoms with Gasteiger partial charge >= 0.3 is 5.97 Å². The van der Waals surface area contributed by atoms with E-state index in [1.165, 1.54) is 0 Å². The molecule has 0 rings (SSSR count). The lowest BCUT2D eigenvalue weighted by molar-refractivity contribution is -0.143. The minimum atomic E-state index is -0.840. The number of carboxylic acid groups (broad SMARTS) is 1. The number of hydrogen-bond acceptors (Lipinski definition) is 4. The average molecular weight is 220 g/mol. The van der Waals surface area contributed by atoms with E-state index in [9.17, 15) is 4.79 Å². The summed E-state index contributed by atoms with van der Waals surface area (Å²) in [6.45, 7) is 6.48. The lowest BCUT2D eigenvalue weighted by atomic mass is 10.2. The van der Waals surface area contributed by atoms with Crippen molar-refractivity contribution in [2.75, 3.05) is 39.6 Å². The van der Waals surface area contributed by atoms with Crippen LogP contribution in [0.2, 0.25) is 0 Å². The molecule has 0 spiro atoms. The van der Waals surface area contributed by atoms with Crippen LogP contribution in [0.1, 0.15) is 13.8 Å². The van der Waals surface area contributed by atoms with Gasteiger partial charge in [0.2, 0.25) is 0 Å². The molecule has 90 valence electrons. The number of rotatable bonds is 10. The molecular weight excluding hydrogens is 200 g/mol. The van der Waals surface area contributed by atoms with E-state index in [2.05, 4.69) is 0 Å². The molecule has 1 atom stereocenters. The topological polar surface area (TPSA) is 65.0 Å². The lowest BCUT2D eigenvalue weighted by Gasteiger charge is -2.08. The van der Waals surface area contributed by atoms with Gasteiger partial charge in [-0.3, -0.25) is 4.79 Å². The van der Waals surface area contributed by atoms with Gasteiger partial charge in [0.05, 0.1) is 39.0 Å². The largest absolute Gasteiger partial charge is 0.481 e. The summed E-state index contributed by atoms with van der Waals surface area (Å²) < 4.78 is 15.4. The van der Waals surface area contributed by atoms with Crippen LogP contribution in [-0.4, -0.2) is 50.7 Å². The quantitative estimate of drug-likeness (QED) is 0.551. The van der Waals surface area contributed by atoms with Crippen LogP contribution >= 0.6 is 0 Å². The SMILES string of the molecule is CCOCCOCCOCC(C)C(=O)O. The monoisotopic (exact) mass is 220 g/mol. The van der Waals surface area contributed by atoms with E-state index in [4.69, 9.17) is 19.3 Å². The highest BCUT2D eigenvalue weighted by molar-refractivity contribution is 5.69. The van der Waals surface area contributed by atoms with Gasteiger partial charge in [0, 0.05) is 6.61 Å². The number of aliphatic carboxylic acids is 1. The molecule has 0 aromatic rings. The van der Waals surface area contributed by atoms with Crippen molar-refractivity contribution in [2.24, 2.45) is 5.92 Å². The van der Waals surface area contributed by atoms with Crippen LogP contribution in [0, 0.1) is 5.92 Å². The van der Waals surface area contributed by atoms with Gasteiger partial charge in [-0.15, -0.1) is 0 Å².